The van der Waals surface area contributed by atoms with Crippen LogP contribution >= 0.6 is 8.03 Å². The molecule has 0 amide bonds. The molecule has 0 aromatic heterocycles. The van der Waals surface area contributed by atoms with Crippen LogP contribution in [0.25, 0.3) is 0 Å². The molecule has 3 N–H and O–H groups in total. The summed E-state index contributed by atoms with van der Waals surface area (Å²) in [5.74, 6) is 0. The molecule has 0 aromatic rings. The molecule has 1 aliphatic rings. The Morgan fingerprint density at radius 2 is 2.38 bits per heavy atom. The monoisotopic (exact) mass is 202 g/mol. The predicted molar refractivity (Wildman–Crippen MR) is 53.8 cm³/mol. The topological polar surface area (TPSA) is 63.3 Å². The number of hydrogen-bond donors (Lipinski definition) is 2. The minimum atomic E-state index is -1.93. The van der Waals surface area contributed by atoms with Gasteiger partial charge in [-0.25, -0.2) is 0 Å². The van der Waals surface area contributed by atoms with Crippen molar-refractivity contribution in [3.63, 3.8) is 0 Å². The quantitative estimate of drug-likeness (QED) is 0.407. The lowest BCUT2D eigenvalue weighted by atomic mass is 10.1. The normalized spacial score (nSPS) is 23.1. The van der Waals surface area contributed by atoms with Crippen molar-refractivity contribution in [2.24, 2.45) is 5.73 Å². The van der Waals surface area contributed by atoms with E-state index >= 15 is 0 Å². The van der Waals surface area contributed by atoms with Gasteiger partial charge in [-0.1, -0.05) is 11.6 Å². The number of unbranched alkanes of at least 4 members (excludes halogenated alkanes) is 1. The molecule has 74 valence electrons. The summed E-state index contributed by atoms with van der Waals surface area (Å²) in [6, 6.07) is 0.324. The van der Waals surface area contributed by atoms with Gasteiger partial charge < -0.3 is 5.73 Å². The molecule has 1 unspecified atom stereocenters. The molecule has 3 nitrogen and oxygen atoms in total. The van der Waals surface area contributed by atoms with Crippen LogP contribution in [0.15, 0.2) is 11.6 Å². The van der Waals surface area contributed by atoms with Gasteiger partial charge in [-0.2, -0.15) is 4.89 Å². The zero-order chi connectivity index (χ0) is 9.68. The van der Waals surface area contributed by atoms with Crippen molar-refractivity contribution in [3.8, 4) is 0 Å². The maximum Gasteiger partial charge on any atom is 0.505 e. The van der Waals surface area contributed by atoms with Gasteiger partial charge in [0.15, 0.2) is 6.16 Å². The Bertz CT molecular complexity index is 216. The highest BCUT2D eigenvalue weighted by molar-refractivity contribution is 7.37. The van der Waals surface area contributed by atoms with E-state index in [-0.39, 0.29) is 0 Å². The van der Waals surface area contributed by atoms with Gasteiger partial charge in [-0.05, 0) is 36.7 Å². The smallest absolute Gasteiger partial charge is 0.327 e. The first-order chi connectivity index (χ1) is 6.18. The molecule has 0 bridgehead atoms. The van der Waals surface area contributed by atoms with Crippen LogP contribution < -0.4 is 5.73 Å². The number of nitrogens with two attached hydrogens (primary N) is 1. The Morgan fingerprint density at radius 1 is 1.62 bits per heavy atom. The van der Waals surface area contributed by atoms with Crippen molar-refractivity contribution in [1.82, 2.24) is 0 Å². The first-order valence-corrected chi connectivity index (χ1v) is 6.15. The van der Waals surface area contributed by atoms with Crippen molar-refractivity contribution in [1.29, 1.82) is 0 Å². The van der Waals surface area contributed by atoms with E-state index < -0.39 is 8.03 Å². The molecule has 0 aromatic carbocycles. The summed E-state index contributed by atoms with van der Waals surface area (Å²) in [7, 11) is -1.93. The molecule has 0 saturated carbocycles. The van der Waals surface area contributed by atoms with Gasteiger partial charge in [0.25, 0.3) is 0 Å². The third kappa shape index (κ3) is 4.51. The molecule has 2 atom stereocenters. The van der Waals surface area contributed by atoms with Crippen molar-refractivity contribution in [2.45, 2.75) is 38.1 Å². The van der Waals surface area contributed by atoms with E-state index in [9.17, 15) is 4.57 Å². The van der Waals surface area contributed by atoms with E-state index in [1.54, 1.807) is 0 Å². The summed E-state index contributed by atoms with van der Waals surface area (Å²) in [4.78, 5) is 8.56. The SMILES string of the molecule is N[C@H]1CC=C(CCCC[P+](=O)O)C1. The third-order valence-electron chi connectivity index (χ3n) is 2.33. The molecule has 0 radical (unpaired) electrons. The third-order valence-corrected chi connectivity index (χ3v) is 3.03. The minimum Gasteiger partial charge on any atom is -0.327 e. The van der Waals surface area contributed by atoms with Gasteiger partial charge in [-0.15, -0.1) is 0 Å². The maximum absolute atomic E-state index is 10.4. The fraction of sp³-hybridized carbons (Fsp3) is 0.778. The van der Waals surface area contributed by atoms with Gasteiger partial charge in [0.2, 0.25) is 0 Å². The fourth-order valence-corrected chi connectivity index (χ4v) is 2.12. The van der Waals surface area contributed by atoms with Crippen LogP contribution in [-0.4, -0.2) is 17.1 Å². The molecular weight excluding hydrogens is 185 g/mol. The van der Waals surface area contributed by atoms with Crippen molar-refractivity contribution >= 4 is 8.03 Å². The Kier molecular flexibility index (Phi) is 4.57. The maximum atomic E-state index is 10.4. The van der Waals surface area contributed by atoms with E-state index in [0.717, 1.165) is 32.1 Å². The van der Waals surface area contributed by atoms with Crippen LogP contribution in [0.3, 0.4) is 0 Å². The van der Waals surface area contributed by atoms with Gasteiger partial charge >= 0.3 is 8.03 Å². The standard InChI is InChI=1S/C9H16NO2P/c10-9-5-4-8(7-9)3-1-2-6-13(11)12/h4,9H,1-3,5-7,10H2/p+1/t9-/m0/s1. The zero-order valence-electron chi connectivity index (χ0n) is 7.78. The summed E-state index contributed by atoms with van der Waals surface area (Å²) in [5.41, 5.74) is 7.17. The largest absolute Gasteiger partial charge is 0.505 e. The molecular formula is C9H17NO2P+. The minimum absolute atomic E-state index is 0.324. The van der Waals surface area contributed by atoms with Gasteiger partial charge in [0, 0.05) is 6.04 Å². The van der Waals surface area contributed by atoms with Gasteiger partial charge in [-0.3, -0.25) is 0 Å². The summed E-state index contributed by atoms with van der Waals surface area (Å²) in [6.07, 6.45) is 7.59. The average molecular weight is 202 g/mol. The van der Waals surface area contributed by atoms with Crippen molar-refractivity contribution in [2.75, 3.05) is 6.16 Å². The lowest BCUT2D eigenvalue weighted by Gasteiger charge is -2.01. The van der Waals surface area contributed by atoms with Crippen LogP contribution in [0.1, 0.15) is 32.1 Å². The molecule has 0 spiro atoms. The molecule has 4 heteroatoms. The van der Waals surface area contributed by atoms with Crippen molar-refractivity contribution in [3.05, 3.63) is 11.6 Å². The molecule has 0 fully saturated rings. The Hall–Kier alpha value is -0.240. The van der Waals surface area contributed by atoms with E-state index in [0.29, 0.717) is 12.2 Å². The molecule has 0 aliphatic heterocycles. The zero-order valence-corrected chi connectivity index (χ0v) is 8.67. The van der Waals surface area contributed by atoms with Crippen LogP contribution in [0.2, 0.25) is 0 Å². The Labute approximate surface area is 79.9 Å². The molecule has 1 aliphatic carbocycles. The predicted octanol–water partition coefficient (Wildman–Crippen LogP) is 1.94. The second-order valence-electron chi connectivity index (χ2n) is 3.60. The van der Waals surface area contributed by atoms with Crippen LogP contribution in [0.4, 0.5) is 0 Å². The first kappa shape index (κ1) is 10.8. The van der Waals surface area contributed by atoms with Crippen LogP contribution in [0.5, 0.6) is 0 Å². The molecule has 13 heavy (non-hydrogen) atoms. The fourth-order valence-electron chi connectivity index (χ4n) is 1.62. The first-order valence-electron chi connectivity index (χ1n) is 4.75. The molecule has 0 saturated heterocycles. The van der Waals surface area contributed by atoms with E-state index in [2.05, 4.69) is 6.08 Å². The lowest BCUT2D eigenvalue weighted by molar-refractivity contribution is 0.500. The lowest BCUT2D eigenvalue weighted by Crippen LogP contribution is -2.14. The second-order valence-corrected chi connectivity index (χ2v) is 4.75. The average Bonchev–Trinajstić information content (AvgIpc) is 2.45. The Balaban J connectivity index is 2.03. The van der Waals surface area contributed by atoms with Crippen molar-refractivity contribution < 1.29 is 9.46 Å². The summed E-state index contributed by atoms with van der Waals surface area (Å²) < 4.78 is 10.4. The van der Waals surface area contributed by atoms with Crippen LogP contribution in [0, 0.1) is 0 Å². The van der Waals surface area contributed by atoms with Gasteiger partial charge in [0.05, 0.1) is 0 Å². The van der Waals surface area contributed by atoms with Gasteiger partial charge in [0.1, 0.15) is 0 Å². The summed E-state index contributed by atoms with van der Waals surface area (Å²) >= 11 is 0. The molecule has 0 heterocycles. The summed E-state index contributed by atoms with van der Waals surface area (Å²) in [5, 5.41) is 0. The highest BCUT2D eigenvalue weighted by Crippen LogP contribution is 2.23. The second kappa shape index (κ2) is 5.48. The van der Waals surface area contributed by atoms with E-state index in [1.165, 1.54) is 5.57 Å². The Morgan fingerprint density at radius 3 is 2.92 bits per heavy atom. The molecule has 1 rings (SSSR count). The highest BCUT2D eigenvalue weighted by atomic mass is 31.1. The number of rotatable bonds is 5. The van der Waals surface area contributed by atoms with Crippen LogP contribution in [-0.2, 0) is 4.57 Å². The van der Waals surface area contributed by atoms with E-state index in [4.69, 9.17) is 10.6 Å². The summed E-state index contributed by atoms with van der Waals surface area (Å²) in [6.45, 7) is 0. The highest BCUT2D eigenvalue weighted by Gasteiger charge is 2.13. The van der Waals surface area contributed by atoms with E-state index in [1.807, 2.05) is 0 Å². The number of hydrogen-bond acceptors (Lipinski definition) is 2.